The van der Waals surface area contributed by atoms with Gasteiger partial charge in [-0.05, 0) is 58.1 Å². The molecule has 1 fully saturated rings. The van der Waals surface area contributed by atoms with Crippen LogP contribution in [-0.2, 0) is 6.18 Å². The summed E-state index contributed by atoms with van der Waals surface area (Å²) in [5, 5.41) is 16.9. The second-order valence-corrected chi connectivity index (χ2v) is 8.40. The van der Waals surface area contributed by atoms with Gasteiger partial charge in [0.1, 0.15) is 5.69 Å². The van der Waals surface area contributed by atoms with Gasteiger partial charge in [0.25, 0.3) is 5.91 Å². The third-order valence-corrected chi connectivity index (χ3v) is 5.40. The van der Waals surface area contributed by atoms with E-state index in [1.165, 1.54) is 12.1 Å². The first-order valence-electron chi connectivity index (χ1n) is 9.70. The van der Waals surface area contributed by atoms with E-state index in [0.29, 0.717) is 47.9 Å². The van der Waals surface area contributed by atoms with Crippen molar-refractivity contribution in [1.29, 1.82) is 0 Å². The monoisotopic (exact) mass is 409 g/mol. The van der Waals surface area contributed by atoms with Crippen LogP contribution < -0.4 is 0 Å². The number of nitrogens with zero attached hydrogens (tertiary/aromatic N) is 2. The maximum atomic E-state index is 12.9. The summed E-state index contributed by atoms with van der Waals surface area (Å²) in [6.07, 6.45) is -2.03. The normalized spacial score (nSPS) is 16.3. The van der Waals surface area contributed by atoms with Gasteiger partial charge < -0.3 is 10.0 Å². The molecule has 1 saturated heterocycles. The quantitative estimate of drug-likeness (QED) is 0.786. The summed E-state index contributed by atoms with van der Waals surface area (Å²) >= 11 is 0. The van der Waals surface area contributed by atoms with E-state index < -0.39 is 17.3 Å². The minimum atomic E-state index is -4.39. The summed E-state index contributed by atoms with van der Waals surface area (Å²) < 4.78 is 38.2. The van der Waals surface area contributed by atoms with Crippen LogP contribution in [0.25, 0.3) is 11.3 Å². The largest absolute Gasteiger partial charge is 0.416 e. The fraction of sp³-hybridized carbons (Fsp3) is 0.524. The molecule has 3 rings (SSSR count). The zero-order chi connectivity index (χ0) is 21.4. The number of alkyl halides is 3. The van der Waals surface area contributed by atoms with Crippen molar-refractivity contribution in [2.75, 3.05) is 13.1 Å². The van der Waals surface area contributed by atoms with Gasteiger partial charge in [-0.3, -0.25) is 9.89 Å². The number of piperidine rings is 1. The Morgan fingerprint density at radius 2 is 1.79 bits per heavy atom. The number of amides is 1. The Morgan fingerprint density at radius 1 is 1.21 bits per heavy atom. The minimum absolute atomic E-state index is 0.158. The van der Waals surface area contributed by atoms with Crippen LogP contribution in [0.3, 0.4) is 0 Å². The third kappa shape index (κ3) is 4.98. The highest BCUT2D eigenvalue weighted by atomic mass is 19.4. The van der Waals surface area contributed by atoms with Crippen LogP contribution in [0.4, 0.5) is 13.2 Å². The Bertz CT molecular complexity index is 859. The molecule has 0 aliphatic carbocycles. The van der Waals surface area contributed by atoms with Crippen molar-refractivity contribution >= 4 is 5.91 Å². The third-order valence-electron chi connectivity index (χ3n) is 5.40. The van der Waals surface area contributed by atoms with Crippen LogP contribution in [0.2, 0.25) is 0 Å². The molecule has 2 aromatic rings. The van der Waals surface area contributed by atoms with Crippen molar-refractivity contribution in [1.82, 2.24) is 15.1 Å². The van der Waals surface area contributed by atoms with Crippen molar-refractivity contribution in [2.45, 2.75) is 51.8 Å². The molecule has 158 valence electrons. The number of aromatic amines is 1. The van der Waals surface area contributed by atoms with E-state index in [9.17, 15) is 23.1 Å². The second-order valence-electron chi connectivity index (χ2n) is 8.40. The molecule has 0 radical (unpaired) electrons. The Balaban J connectivity index is 1.70. The first-order valence-corrected chi connectivity index (χ1v) is 9.70. The Morgan fingerprint density at radius 3 is 2.31 bits per heavy atom. The molecule has 29 heavy (non-hydrogen) atoms. The fourth-order valence-electron chi connectivity index (χ4n) is 3.91. The van der Waals surface area contributed by atoms with E-state index >= 15 is 0 Å². The van der Waals surface area contributed by atoms with E-state index in [-0.39, 0.29) is 5.91 Å². The number of nitrogens with one attached hydrogen (secondary N) is 1. The van der Waals surface area contributed by atoms with Crippen molar-refractivity contribution < 1.29 is 23.1 Å². The molecule has 2 N–H and O–H groups in total. The van der Waals surface area contributed by atoms with Crippen LogP contribution in [0.1, 0.15) is 54.7 Å². The fourth-order valence-corrected chi connectivity index (χ4v) is 3.91. The number of rotatable bonds is 4. The molecular weight excluding hydrogens is 383 g/mol. The number of carbonyl (C=O) groups is 1. The number of carbonyl (C=O) groups excluding carboxylic acids is 1. The van der Waals surface area contributed by atoms with Crippen molar-refractivity contribution in [3.8, 4) is 11.3 Å². The van der Waals surface area contributed by atoms with Crippen LogP contribution >= 0.6 is 0 Å². The van der Waals surface area contributed by atoms with Gasteiger partial charge >= 0.3 is 6.18 Å². The Labute approximate surface area is 167 Å². The summed E-state index contributed by atoms with van der Waals surface area (Å²) in [5.74, 6) is 0.222. The molecule has 0 saturated carbocycles. The van der Waals surface area contributed by atoms with Gasteiger partial charge in [-0.15, -0.1) is 0 Å². The lowest BCUT2D eigenvalue weighted by atomic mass is 9.86. The molecule has 0 spiro atoms. The molecule has 8 heteroatoms. The van der Waals surface area contributed by atoms with Gasteiger partial charge in [-0.2, -0.15) is 18.3 Å². The average molecular weight is 409 g/mol. The number of benzene rings is 1. The van der Waals surface area contributed by atoms with Gasteiger partial charge in [0.15, 0.2) is 0 Å². The van der Waals surface area contributed by atoms with Crippen LogP contribution in [-0.4, -0.2) is 44.8 Å². The number of likely N-dealkylation sites (tertiary alicyclic amines) is 1. The summed E-state index contributed by atoms with van der Waals surface area (Å²) in [7, 11) is 0. The lowest BCUT2D eigenvalue weighted by Gasteiger charge is -2.34. The number of aliphatic hydroxyl groups is 1. The van der Waals surface area contributed by atoms with Gasteiger partial charge in [0.2, 0.25) is 0 Å². The highest BCUT2D eigenvalue weighted by Crippen LogP contribution is 2.32. The van der Waals surface area contributed by atoms with E-state index in [0.717, 1.165) is 25.0 Å². The summed E-state index contributed by atoms with van der Waals surface area (Å²) in [6.45, 7) is 6.54. The minimum Gasteiger partial charge on any atom is -0.390 e. The molecule has 5 nitrogen and oxygen atoms in total. The lowest BCUT2D eigenvalue weighted by molar-refractivity contribution is -0.137. The molecule has 1 amide bonds. The lowest BCUT2D eigenvalue weighted by Crippen LogP contribution is -2.40. The highest BCUT2D eigenvalue weighted by Gasteiger charge is 2.31. The molecule has 1 aliphatic heterocycles. The summed E-state index contributed by atoms with van der Waals surface area (Å²) in [6, 6.07) is 4.75. The van der Waals surface area contributed by atoms with Crippen molar-refractivity contribution in [3.63, 3.8) is 0 Å². The van der Waals surface area contributed by atoms with E-state index in [1.807, 2.05) is 0 Å². The average Bonchev–Trinajstić information content (AvgIpc) is 3.01. The van der Waals surface area contributed by atoms with E-state index in [1.54, 1.807) is 25.7 Å². The van der Waals surface area contributed by atoms with Crippen LogP contribution in [0.5, 0.6) is 0 Å². The van der Waals surface area contributed by atoms with Gasteiger partial charge in [0.05, 0.1) is 16.9 Å². The van der Waals surface area contributed by atoms with Gasteiger partial charge in [-0.25, -0.2) is 0 Å². The zero-order valence-electron chi connectivity index (χ0n) is 16.8. The zero-order valence-corrected chi connectivity index (χ0v) is 16.8. The first-order chi connectivity index (χ1) is 13.5. The maximum Gasteiger partial charge on any atom is 0.416 e. The van der Waals surface area contributed by atoms with E-state index in [4.69, 9.17) is 0 Å². The van der Waals surface area contributed by atoms with E-state index in [2.05, 4.69) is 10.2 Å². The SMILES string of the molecule is Cc1c(-c2ccc(C(F)(F)F)cc2)n[nH]c1C(=O)N1CCC(CC(C)(C)O)CC1. The maximum absolute atomic E-state index is 12.9. The number of hydrogen-bond acceptors (Lipinski definition) is 3. The molecule has 0 atom stereocenters. The molecule has 1 aromatic carbocycles. The van der Waals surface area contributed by atoms with Gasteiger partial charge in [0, 0.05) is 24.2 Å². The standard InChI is InChI=1S/C21H26F3N3O2/c1-13-17(15-4-6-16(7-5-15)21(22,23)24)25-26-18(13)19(28)27-10-8-14(9-11-27)12-20(2,3)29/h4-7,14,29H,8-12H2,1-3H3,(H,25,26). The molecule has 0 bridgehead atoms. The summed E-state index contributed by atoms with van der Waals surface area (Å²) in [4.78, 5) is 14.7. The van der Waals surface area contributed by atoms with Gasteiger partial charge in [-0.1, -0.05) is 12.1 Å². The predicted molar refractivity (Wildman–Crippen MR) is 103 cm³/mol. The highest BCUT2D eigenvalue weighted by molar-refractivity contribution is 5.95. The topological polar surface area (TPSA) is 69.2 Å². The van der Waals surface area contributed by atoms with Crippen LogP contribution in [0.15, 0.2) is 24.3 Å². The number of aromatic nitrogens is 2. The Hall–Kier alpha value is -2.35. The predicted octanol–water partition coefficient (Wildman–Crippen LogP) is 4.42. The molecule has 1 aliphatic rings. The molecular formula is C21H26F3N3O2. The van der Waals surface area contributed by atoms with Crippen LogP contribution in [0, 0.1) is 12.8 Å². The Kier molecular flexibility index (Phi) is 5.76. The molecule has 2 heterocycles. The van der Waals surface area contributed by atoms with Crippen molar-refractivity contribution in [3.05, 3.63) is 41.1 Å². The number of H-pyrrole nitrogens is 1. The smallest absolute Gasteiger partial charge is 0.390 e. The number of hydrogen-bond donors (Lipinski definition) is 2. The van der Waals surface area contributed by atoms with Crippen molar-refractivity contribution in [2.24, 2.45) is 5.92 Å². The second kappa shape index (κ2) is 7.82. The summed E-state index contributed by atoms with van der Waals surface area (Å²) in [5.41, 5.74) is 0.537. The number of halogens is 3. The first kappa shape index (κ1) is 21.4. The molecule has 0 unspecified atom stereocenters. The molecule has 1 aromatic heterocycles.